The minimum atomic E-state index is 0.361. The smallest absolute Gasteiger partial charge is 0.0432 e. The van der Waals surface area contributed by atoms with Crippen LogP contribution in [-0.4, -0.2) is 20.1 Å². The van der Waals surface area contributed by atoms with Crippen molar-refractivity contribution < 1.29 is 0 Å². The molecular weight excluding hydrogens is 100 g/mol. The zero-order valence-corrected chi connectivity index (χ0v) is 5.78. The summed E-state index contributed by atoms with van der Waals surface area (Å²) in [5, 5.41) is 6.01. The van der Waals surface area contributed by atoms with Gasteiger partial charge in [0.2, 0.25) is 0 Å². The van der Waals surface area contributed by atoms with Gasteiger partial charge in [-0.25, -0.2) is 0 Å². The highest BCUT2D eigenvalue weighted by Crippen LogP contribution is 1.89. The van der Waals surface area contributed by atoms with E-state index in [1.165, 1.54) is 0 Å². The second-order valence-electron chi connectivity index (χ2n) is 1.79. The summed E-state index contributed by atoms with van der Waals surface area (Å²) in [5.41, 5.74) is 1.02. The van der Waals surface area contributed by atoms with Gasteiger partial charge in [-0.15, -0.1) is 0 Å². The Bertz CT molecular complexity index is 78.6. The highest BCUT2D eigenvalue weighted by Gasteiger charge is 1.97. The quantitative estimate of drug-likeness (QED) is 0.552. The van der Waals surface area contributed by atoms with E-state index in [0.29, 0.717) is 6.04 Å². The number of nitrogens with one attached hydrogen (secondary N) is 2. The zero-order valence-electron chi connectivity index (χ0n) is 5.78. The molecule has 0 aliphatic rings. The summed E-state index contributed by atoms with van der Waals surface area (Å²) in [5.74, 6) is 0. The predicted octanol–water partition coefficient (Wildman–Crippen LogP) is 0.327. The first-order chi connectivity index (χ1) is 3.72. The fourth-order valence-corrected chi connectivity index (χ4v) is 0.391. The van der Waals surface area contributed by atoms with Crippen LogP contribution in [0.15, 0.2) is 12.3 Å². The summed E-state index contributed by atoms with van der Waals surface area (Å²) in [6, 6.07) is 0.361. The molecule has 0 fully saturated rings. The van der Waals surface area contributed by atoms with Crippen molar-refractivity contribution in [2.45, 2.75) is 13.0 Å². The molecule has 0 radical (unpaired) electrons. The Hall–Kier alpha value is -0.500. The fourth-order valence-electron chi connectivity index (χ4n) is 0.391. The topological polar surface area (TPSA) is 24.1 Å². The van der Waals surface area contributed by atoms with Crippen molar-refractivity contribution in [3.05, 3.63) is 12.3 Å². The molecule has 1 unspecified atom stereocenters. The molecule has 0 bridgehead atoms. The van der Waals surface area contributed by atoms with Crippen LogP contribution in [0, 0.1) is 0 Å². The molecule has 0 aromatic carbocycles. The van der Waals surface area contributed by atoms with Crippen LogP contribution in [0.4, 0.5) is 0 Å². The zero-order chi connectivity index (χ0) is 6.57. The van der Waals surface area contributed by atoms with Gasteiger partial charge < -0.3 is 10.6 Å². The molecule has 48 valence electrons. The van der Waals surface area contributed by atoms with Crippen molar-refractivity contribution in [2.24, 2.45) is 0 Å². The third kappa shape index (κ3) is 1.98. The first-order valence-electron chi connectivity index (χ1n) is 2.76. The molecule has 0 aliphatic heterocycles. The molecule has 0 saturated carbocycles. The lowest BCUT2D eigenvalue weighted by Crippen LogP contribution is -2.28. The molecule has 0 saturated heterocycles. The van der Waals surface area contributed by atoms with Crippen molar-refractivity contribution in [1.82, 2.24) is 10.6 Å². The van der Waals surface area contributed by atoms with Crippen LogP contribution < -0.4 is 10.6 Å². The Morgan fingerprint density at radius 1 is 1.50 bits per heavy atom. The van der Waals surface area contributed by atoms with E-state index in [-0.39, 0.29) is 0 Å². The van der Waals surface area contributed by atoms with E-state index in [2.05, 4.69) is 24.1 Å². The average molecular weight is 114 g/mol. The maximum atomic E-state index is 3.77. The van der Waals surface area contributed by atoms with E-state index in [1.54, 1.807) is 0 Å². The van der Waals surface area contributed by atoms with Gasteiger partial charge in [-0.2, -0.15) is 0 Å². The maximum Gasteiger partial charge on any atom is 0.0432 e. The molecule has 0 rings (SSSR count). The molecule has 0 amide bonds. The standard InChI is InChI=1S/C6H14N2/c1-5(7-3)6(2)8-4/h6-8H,1H2,2-4H3. The van der Waals surface area contributed by atoms with E-state index >= 15 is 0 Å². The van der Waals surface area contributed by atoms with Crippen LogP contribution >= 0.6 is 0 Å². The van der Waals surface area contributed by atoms with Gasteiger partial charge in [-0.05, 0) is 14.0 Å². The summed E-state index contributed by atoms with van der Waals surface area (Å²) in [4.78, 5) is 0. The highest BCUT2D eigenvalue weighted by atomic mass is 14.9. The van der Waals surface area contributed by atoms with Gasteiger partial charge in [-0.1, -0.05) is 6.58 Å². The largest absolute Gasteiger partial charge is 0.391 e. The summed E-state index contributed by atoms with van der Waals surface area (Å²) in [7, 11) is 3.78. The van der Waals surface area contributed by atoms with E-state index in [4.69, 9.17) is 0 Å². The highest BCUT2D eigenvalue weighted by molar-refractivity contribution is 4.98. The summed E-state index contributed by atoms with van der Waals surface area (Å²) >= 11 is 0. The number of hydrogen-bond acceptors (Lipinski definition) is 2. The minimum Gasteiger partial charge on any atom is -0.391 e. The molecule has 0 aromatic heterocycles. The van der Waals surface area contributed by atoms with Gasteiger partial charge in [-0.3, -0.25) is 0 Å². The molecule has 0 heterocycles. The predicted molar refractivity (Wildman–Crippen MR) is 36.7 cm³/mol. The Labute approximate surface area is 51.0 Å². The van der Waals surface area contributed by atoms with Crippen LogP contribution in [0.5, 0.6) is 0 Å². The number of hydrogen-bond donors (Lipinski definition) is 2. The van der Waals surface area contributed by atoms with Gasteiger partial charge in [0, 0.05) is 18.8 Å². The van der Waals surface area contributed by atoms with Crippen molar-refractivity contribution in [3.8, 4) is 0 Å². The number of rotatable bonds is 3. The third-order valence-corrected chi connectivity index (χ3v) is 1.28. The van der Waals surface area contributed by atoms with Crippen molar-refractivity contribution in [1.29, 1.82) is 0 Å². The van der Waals surface area contributed by atoms with Crippen molar-refractivity contribution in [3.63, 3.8) is 0 Å². The average Bonchev–Trinajstić information content (AvgIpc) is 1.84. The molecule has 0 aliphatic carbocycles. The summed E-state index contributed by atoms with van der Waals surface area (Å²) in [6.45, 7) is 5.82. The molecule has 2 heteroatoms. The van der Waals surface area contributed by atoms with Crippen LogP contribution in [0.1, 0.15) is 6.92 Å². The Morgan fingerprint density at radius 3 is 2.12 bits per heavy atom. The molecular formula is C6H14N2. The van der Waals surface area contributed by atoms with Crippen LogP contribution in [0.25, 0.3) is 0 Å². The summed E-state index contributed by atoms with van der Waals surface area (Å²) in [6.07, 6.45) is 0. The molecule has 0 aromatic rings. The van der Waals surface area contributed by atoms with Crippen LogP contribution in [0.3, 0.4) is 0 Å². The molecule has 2 N–H and O–H groups in total. The third-order valence-electron chi connectivity index (χ3n) is 1.28. The number of likely N-dealkylation sites (N-methyl/N-ethyl adjacent to an activating group) is 2. The second-order valence-corrected chi connectivity index (χ2v) is 1.79. The van der Waals surface area contributed by atoms with Gasteiger partial charge in [0.15, 0.2) is 0 Å². The van der Waals surface area contributed by atoms with Gasteiger partial charge in [0.05, 0.1) is 0 Å². The van der Waals surface area contributed by atoms with E-state index in [9.17, 15) is 0 Å². The van der Waals surface area contributed by atoms with E-state index < -0.39 is 0 Å². The molecule has 1 atom stereocenters. The Balaban J connectivity index is 3.46. The van der Waals surface area contributed by atoms with Crippen molar-refractivity contribution in [2.75, 3.05) is 14.1 Å². The molecule has 8 heavy (non-hydrogen) atoms. The lowest BCUT2D eigenvalue weighted by Gasteiger charge is -2.11. The van der Waals surface area contributed by atoms with E-state index in [0.717, 1.165) is 5.70 Å². The van der Waals surface area contributed by atoms with Gasteiger partial charge >= 0.3 is 0 Å². The first kappa shape index (κ1) is 7.50. The Kier molecular flexibility index (Phi) is 3.28. The maximum absolute atomic E-state index is 3.77. The fraction of sp³-hybridized carbons (Fsp3) is 0.667. The molecule has 2 nitrogen and oxygen atoms in total. The lowest BCUT2D eigenvalue weighted by atomic mass is 10.3. The normalized spacial score (nSPS) is 12.9. The SMILES string of the molecule is C=C(NC)C(C)NC. The Morgan fingerprint density at radius 2 is 2.00 bits per heavy atom. The van der Waals surface area contributed by atoms with Crippen molar-refractivity contribution >= 4 is 0 Å². The molecule has 0 spiro atoms. The van der Waals surface area contributed by atoms with Crippen LogP contribution in [0.2, 0.25) is 0 Å². The summed E-state index contributed by atoms with van der Waals surface area (Å²) < 4.78 is 0. The van der Waals surface area contributed by atoms with Gasteiger partial charge in [0.1, 0.15) is 0 Å². The lowest BCUT2D eigenvalue weighted by molar-refractivity contribution is 0.654. The first-order valence-corrected chi connectivity index (χ1v) is 2.76. The van der Waals surface area contributed by atoms with Crippen LogP contribution in [-0.2, 0) is 0 Å². The monoisotopic (exact) mass is 114 g/mol. The van der Waals surface area contributed by atoms with E-state index in [1.807, 2.05) is 14.1 Å². The second kappa shape index (κ2) is 3.50. The minimum absolute atomic E-state index is 0.361. The van der Waals surface area contributed by atoms with Gasteiger partial charge in [0.25, 0.3) is 0 Å².